The van der Waals surface area contributed by atoms with Crippen LogP contribution >= 0.6 is 0 Å². The van der Waals surface area contributed by atoms with Crippen LogP contribution in [0.3, 0.4) is 0 Å². The first-order valence-electron chi connectivity index (χ1n) is 6.16. The van der Waals surface area contributed by atoms with E-state index in [4.69, 9.17) is 0 Å². The molecule has 0 aromatic carbocycles. The number of nitrogens with one attached hydrogen (secondary N) is 3. The average Bonchev–Trinajstić information content (AvgIpc) is 2.94. The lowest BCUT2D eigenvalue weighted by Gasteiger charge is -2.07. The molecule has 2 aromatic heterocycles. The zero-order valence-corrected chi connectivity index (χ0v) is 12.5. The molecule has 0 aliphatic heterocycles. The van der Waals surface area contributed by atoms with E-state index in [1.807, 2.05) is 7.05 Å². The number of rotatable bonds is 6. The largest absolute Gasteiger partial charge is 0.318 e. The summed E-state index contributed by atoms with van der Waals surface area (Å²) in [7, 11) is -1.83. The molecule has 0 fully saturated rings. The van der Waals surface area contributed by atoms with Crippen molar-refractivity contribution in [3.63, 3.8) is 0 Å². The fraction of sp³-hybridized carbons (Fsp3) is 0.455. The van der Waals surface area contributed by atoms with Gasteiger partial charge < -0.3 is 5.32 Å². The van der Waals surface area contributed by atoms with Crippen LogP contribution in [0.2, 0.25) is 0 Å². The summed E-state index contributed by atoms with van der Waals surface area (Å²) in [4.78, 5) is 0.217. The van der Waals surface area contributed by atoms with Gasteiger partial charge in [0.1, 0.15) is 4.90 Å². The standard InChI is InChI=1S/C11H18N6O2S/c1-8-11(9(2)17(15-8)5-4-12-3)20(18,19)16-10-6-13-14-7-10/h6-7,12,16H,4-5H2,1-3H3,(H,13,14). The molecule has 110 valence electrons. The van der Waals surface area contributed by atoms with E-state index in [9.17, 15) is 8.42 Å². The third-order valence-electron chi connectivity index (χ3n) is 2.91. The number of likely N-dealkylation sites (N-methyl/N-ethyl adjacent to an activating group) is 1. The molecule has 2 aromatic rings. The van der Waals surface area contributed by atoms with Crippen molar-refractivity contribution in [3.8, 4) is 0 Å². The summed E-state index contributed by atoms with van der Waals surface area (Å²) in [6.07, 6.45) is 2.89. The maximum atomic E-state index is 12.4. The Labute approximate surface area is 117 Å². The van der Waals surface area contributed by atoms with Gasteiger partial charge in [-0.05, 0) is 20.9 Å². The minimum absolute atomic E-state index is 0.217. The van der Waals surface area contributed by atoms with Gasteiger partial charge in [0.15, 0.2) is 0 Å². The zero-order valence-electron chi connectivity index (χ0n) is 11.6. The van der Waals surface area contributed by atoms with Crippen molar-refractivity contribution in [2.75, 3.05) is 18.3 Å². The van der Waals surface area contributed by atoms with Gasteiger partial charge in [0.2, 0.25) is 0 Å². The van der Waals surface area contributed by atoms with Crippen LogP contribution in [0.5, 0.6) is 0 Å². The first kappa shape index (κ1) is 14.5. The fourth-order valence-electron chi connectivity index (χ4n) is 2.02. The molecule has 0 saturated carbocycles. The number of H-pyrrole nitrogens is 1. The van der Waals surface area contributed by atoms with E-state index in [-0.39, 0.29) is 4.90 Å². The van der Waals surface area contributed by atoms with E-state index in [1.54, 1.807) is 18.5 Å². The molecule has 0 unspecified atom stereocenters. The summed E-state index contributed by atoms with van der Waals surface area (Å²) >= 11 is 0. The molecule has 20 heavy (non-hydrogen) atoms. The van der Waals surface area contributed by atoms with Crippen molar-refractivity contribution in [1.29, 1.82) is 0 Å². The molecule has 3 N–H and O–H groups in total. The maximum absolute atomic E-state index is 12.4. The van der Waals surface area contributed by atoms with E-state index in [1.165, 1.54) is 12.4 Å². The first-order valence-corrected chi connectivity index (χ1v) is 7.64. The number of hydrogen-bond donors (Lipinski definition) is 3. The molecule has 9 heteroatoms. The number of anilines is 1. The lowest BCUT2D eigenvalue weighted by molar-refractivity contribution is 0.566. The average molecular weight is 298 g/mol. The molecule has 2 heterocycles. The lowest BCUT2D eigenvalue weighted by Crippen LogP contribution is -2.18. The molecule has 0 saturated heterocycles. The van der Waals surface area contributed by atoms with E-state index < -0.39 is 10.0 Å². The summed E-state index contributed by atoms with van der Waals surface area (Å²) in [5.41, 5.74) is 1.50. The van der Waals surface area contributed by atoms with E-state index in [0.29, 0.717) is 23.6 Å². The second-order valence-corrected chi connectivity index (χ2v) is 6.04. The predicted molar refractivity (Wildman–Crippen MR) is 75.0 cm³/mol. The number of sulfonamides is 1. The molecule has 0 spiro atoms. The summed E-state index contributed by atoms with van der Waals surface area (Å²) in [6, 6.07) is 0. The third kappa shape index (κ3) is 2.83. The molecule has 0 atom stereocenters. The molecule has 2 rings (SSSR count). The highest BCUT2D eigenvalue weighted by molar-refractivity contribution is 7.92. The van der Waals surface area contributed by atoms with Crippen molar-refractivity contribution in [3.05, 3.63) is 23.8 Å². The fourth-order valence-corrected chi connectivity index (χ4v) is 3.47. The van der Waals surface area contributed by atoms with Gasteiger partial charge in [-0.15, -0.1) is 0 Å². The molecule has 0 aliphatic carbocycles. The second kappa shape index (κ2) is 5.63. The van der Waals surface area contributed by atoms with Crippen molar-refractivity contribution in [2.24, 2.45) is 0 Å². The first-order chi connectivity index (χ1) is 9.45. The maximum Gasteiger partial charge on any atom is 0.265 e. The van der Waals surface area contributed by atoms with E-state index in [0.717, 1.165) is 6.54 Å². The van der Waals surface area contributed by atoms with Crippen molar-refractivity contribution < 1.29 is 8.42 Å². The zero-order chi connectivity index (χ0) is 14.8. The minimum atomic E-state index is -3.66. The Kier molecular flexibility index (Phi) is 4.09. The Bertz CT molecular complexity index is 674. The Balaban J connectivity index is 2.34. The van der Waals surface area contributed by atoms with Gasteiger partial charge in [0.25, 0.3) is 10.0 Å². The normalized spacial score (nSPS) is 11.8. The number of aromatic amines is 1. The number of hydrogen-bond acceptors (Lipinski definition) is 5. The van der Waals surface area contributed by atoms with Crippen LogP contribution in [-0.4, -0.2) is 42.0 Å². The van der Waals surface area contributed by atoms with E-state index >= 15 is 0 Å². The molecule has 0 bridgehead atoms. The van der Waals surface area contributed by atoms with Gasteiger partial charge in [-0.1, -0.05) is 0 Å². The number of aromatic nitrogens is 4. The topological polar surface area (TPSA) is 105 Å². The van der Waals surface area contributed by atoms with Gasteiger partial charge in [-0.25, -0.2) is 8.42 Å². The molecular formula is C11H18N6O2S. The SMILES string of the molecule is CNCCn1nc(C)c(S(=O)(=O)Nc2cn[nH]c2)c1C. The van der Waals surface area contributed by atoms with Crippen LogP contribution in [-0.2, 0) is 16.6 Å². The Morgan fingerprint density at radius 1 is 1.40 bits per heavy atom. The van der Waals surface area contributed by atoms with E-state index in [2.05, 4.69) is 25.3 Å². The Morgan fingerprint density at radius 2 is 2.15 bits per heavy atom. The summed E-state index contributed by atoms with van der Waals surface area (Å²) in [5.74, 6) is 0. The molecule has 0 amide bonds. The Morgan fingerprint density at radius 3 is 2.75 bits per heavy atom. The molecular weight excluding hydrogens is 280 g/mol. The third-order valence-corrected chi connectivity index (χ3v) is 4.54. The summed E-state index contributed by atoms with van der Waals surface area (Å²) in [5, 5.41) is 13.6. The van der Waals surface area contributed by atoms with Crippen LogP contribution in [0.25, 0.3) is 0 Å². The van der Waals surface area contributed by atoms with Crippen LogP contribution in [0, 0.1) is 13.8 Å². The monoisotopic (exact) mass is 298 g/mol. The highest BCUT2D eigenvalue weighted by atomic mass is 32.2. The van der Waals surface area contributed by atoms with Crippen LogP contribution in [0.15, 0.2) is 17.3 Å². The van der Waals surface area contributed by atoms with Crippen LogP contribution in [0.4, 0.5) is 5.69 Å². The highest BCUT2D eigenvalue weighted by Crippen LogP contribution is 2.22. The summed E-state index contributed by atoms with van der Waals surface area (Å²) in [6.45, 7) is 4.77. The molecule has 0 aliphatic rings. The minimum Gasteiger partial charge on any atom is -0.318 e. The summed E-state index contributed by atoms with van der Waals surface area (Å²) < 4.78 is 29.0. The quantitative estimate of drug-likeness (QED) is 0.709. The second-order valence-electron chi connectivity index (χ2n) is 4.42. The van der Waals surface area contributed by atoms with Gasteiger partial charge in [0.05, 0.1) is 29.8 Å². The molecule has 0 radical (unpaired) electrons. The highest BCUT2D eigenvalue weighted by Gasteiger charge is 2.24. The van der Waals surface area contributed by atoms with Gasteiger partial charge in [-0.2, -0.15) is 10.2 Å². The number of nitrogens with zero attached hydrogens (tertiary/aromatic N) is 3. The van der Waals surface area contributed by atoms with Crippen molar-refractivity contribution >= 4 is 15.7 Å². The van der Waals surface area contributed by atoms with Gasteiger partial charge >= 0.3 is 0 Å². The number of aryl methyl sites for hydroxylation is 1. The van der Waals surface area contributed by atoms with Crippen LogP contribution < -0.4 is 10.0 Å². The van der Waals surface area contributed by atoms with Crippen molar-refractivity contribution in [1.82, 2.24) is 25.3 Å². The Hall–Kier alpha value is -1.87. The lowest BCUT2D eigenvalue weighted by atomic mass is 10.4. The van der Waals surface area contributed by atoms with Crippen molar-refractivity contribution in [2.45, 2.75) is 25.3 Å². The van der Waals surface area contributed by atoms with Gasteiger partial charge in [-0.3, -0.25) is 14.5 Å². The van der Waals surface area contributed by atoms with Crippen LogP contribution in [0.1, 0.15) is 11.4 Å². The van der Waals surface area contributed by atoms with Gasteiger partial charge in [0, 0.05) is 12.7 Å². The predicted octanol–water partition coefficient (Wildman–Crippen LogP) is 0.243. The smallest absolute Gasteiger partial charge is 0.265 e. The molecule has 8 nitrogen and oxygen atoms in total.